The van der Waals surface area contributed by atoms with Crippen LogP contribution in [0.3, 0.4) is 0 Å². The van der Waals surface area contributed by atoms with Crippen LogP contribution < -0.4 is 5.32 Å². The lowest BCUT2D eigenvalue weighted by atomic mass is 10.1. The summed E-state index contributed by atoms with van der Waals surface area (Å²) in [5.41, 5.74) is 0.754. The number of nitrogens with one attached hydrogen (secondary N) is 1. The predicted molar refractivity (Wildman–Crippen MR) is 86.1 cm³/mol. The van der Waals surface area contributed by atoms with E-state index < -0.39 is 23.9 Å². The highest BCUT2D eigenvalue weighted by Gasteiger charge is 2.34. The first-order valence-electron chi connectivity index (χ1n) is 7.13. The van der Waals surface area contributed by atoms with Crippen molar-refractivity contribution in [2.45, 2.75) is 6.04 Å². The number of cyclic esters (lactones) is 1. The first-order chi connectivity index (χ1) is 11.5. The van der Waals surface area contributed by atoms with Gasteiger partial charge in [-0.05, 0) is 33.6 Å². The van der Waals surface area contributed by atoms with Crippen LogP contribution in [0, 0.1) is 0 Å². The maximum absolute atomic E-state index is 12.3. The molecule has 7 nitrogen and oxygen atoms in total. The largest absolute Gasteiger partial charge is 0.444 e. The quantitative estimate of drug-likeness (QED) is 0.843. The van der Waals surface area contributed by atoms with E-state index in [9.17, 15) is 14.4 Å². The fourth-order valence-corrected chi connectivity index (χ4v) is 2.63. The smallest absolute Gasteiger partial charge is 0.417 e. The van der Waals surface area contributed by atoms with Gasteiger partial charge in [0.05, 0.1) is 12.6 Å². The summed E-state index contributed by atoms with van der Waals surface area (Å²) in [4.78, 5) is 36.7. The Balaban J connectivity index is 1.81. The van der Waals surface area contributed by atoms with Gasteiger partial charge in [-0.3, -0.25) is 9.59 Å². The minimum Gasteiger partial charge on any atom is -0.444 e. The van der Waals surface area contributed by atoms with Gasteiger partial charge in [-0.15, -0.1) is 0 Å². The van der Waals surface area contributed by atoms with Gasteiger partial charge in [-0.1, -0.05) is 30.3 Å². The standard InChI is InChI=1S/C16H13BrN2O5/c17-13-7-6-12(24-13)15(21)18-11(10-4-2-1-3-5-10)8-19-14(20)9-23-16(19)22/h1-7,11H,8-9H2,(H,18,21). The topological polar surface area (TPSA) is 88.9 Å². The fourth-order valence-electron chi connectivity index (χ4n) is 2.33. The number of furan rings is 1. The molecule has 8 heteroatoms. The molecule has 1 saturated heterocycles. The van der Waals surface area contributed by atoms with Gasteiger partial charge in [-0.2, -0.15) is 0 Å². The number of carbonyl (C=O) groups is 3. The monoisotopic (exact) mass is 392 g/mol. The molecule has 0 aliphatic carbocycles. The molecule has 2 aromatic rings. The van der Waals surface area contributed by atoms with Gasteiger partial charge >= 0.3 is 6.09 Å². The number of rotatable bonds is 5. The second-order valence-electron chi connectivity index (χ2n) is 5.10. The molecular formula is C16H13BrN2O5. The highest BCUT2D eigenvalue weighted by Crippen LogP contribution is 2.19. The van der Waals surface area contributed by atoms with Gasteiger partial charge in [-0.25, -0.2) is 9.69 Å². The Bertz CT molecular complexity index is 758. The Morgan fingerprint density at radius 1 is 1.21 bits per heavy atom. The van der Waals surface area contributed by atoms with Crippen LogP contribution in [0.4, 0.5) is 4.79 Å². The lowest BCUT2D eigenvalue weighted by Gasteiger charge is -2.22. The van der Waals surface area contributed by atoms with E-state index in [0.717, 1.165) is 10.5 Å². The molecule has 1 aromatic carbocycles. The molecule has 24 heavy (non-hydrogen) atoms. The van der Waals surface area contributed by atoms with Crippen LogP contribution in [0.15, 0.2) is 51.6 Å². The maximum Gasteiger partial charge on any atom is 0.417 e. The van der Waals surface area contributed by atoms with E-state index in [1.54, 1.807) is 18.2 Å². The molecule has 0 bridgehead atoms. The third kappa shape index (κ3) is 3.48. The predicted octanol–water partition coefficient (Wildman–Crippen LogP) is 2.49. The molecule has 1 aliphatic rings. The van der Waals surface area contributed by atoms with Crippen molar-refractivity contribution in [3.05, 3.63) is 58.5 Å². The van der Waals surface area contributed by atoms with Crippen molar-refractivity contribution in [3.8, 4) is 0 Å². The van der Waals surface area contributed by atoms with Gasteiger partial charge in [0.2, 0.25) is 0 Å². The third-order valence-corrected chi connectivity index (χ3v) is 3.94. The summed E-state index contributed by atoms with van der Waals surface area (Å²) in [5.74, 6) is -0.761. The minimum atomic E-state index is -0.712. The Morgan fingerprint density at radius 2 is 1.96 bits per heavy atom. The van der Waals surface area contributed by atoms with Crippen LogP contribution in [-0.4, -0.2) is 36.0 Å². The minimum absolute atomic E-state index is 0.0186. The van der Waals surface area contributed by atoms with Crippen molar-refractivity contribution >= 4 is 33.8 Å². The van der Waals surface area contributed by atoms with Crippen LogP contribution >= 0.6 is 15.9 Å². The van der Waals surface area contributed by atoms with Crippen molar-refractivity contribution < 1.29 is 23.5 Å². The number of amides is 3. The van der Waals surface area contributed by atoms with Crippen LogP contribution in [0.1, 0.15) is 22.2 Å². The molecule has 1 aromatic heterocycles. The third-order valence-electron chi connectivity index (χ3n) is 3.51. The number of imide groups is 1. The SMILES string of the molecule is O=C(NC(CN1C(=O)COC1=O)c1ccccc1)c1ccc(Br)o1. The van der Waals surface area contributed by atoms with E-state index in [-0.39, 0.29) is 18.9 Å². The first-order valence-corrected chi connectivity index (χ1v) is 7.92. The molecular weight excluding hydrogens is 380 g/mol. The van der Waals surface area contributed by atoms with Crippen LogP contribution in [-0.2, 0) is 9.53 Å². The van der Waals surface area contributed by atoms with E-state index in [1.807, 2.05) is 18.2 Å². The molecule has 1 unspecified atom stereocenters. The highest BCUT2D eigenvalue weighted by atomic mass is 79.9. The van der Waals surface area contributed by atoms with Gasteiger partial charge in [0.25, 0.3) is 11.8 Å². The average Bonchev–Trinajstić information content (AvgIpc) is 3.15. The zero-order chi connectivity index (χ0) is 17.1. The number of carbonyl (C=O) groups excluding carboxylic acids is 3. The number of benzene rings is 1. The molecule has 1 fully saturated rings. The highest BCUT2D eigenvalue weighted by molar-refractivity contribution is 9.10. The summed E-state index contributed by atoms with van der Waals surface area (Å²) in [7, 11) is 0. The van der Waals surface area contributed by atoms with E-state index in [2.05, 4.69) is 21.2 Å². The van der Waals surface area contributed by atoms with Crippen molar-refractivity contribution in [2.75, 3.05) is 13.2 Å². The Hall–Kier alpha value is -2.61. The summed E-state index contributed by atoms with van der Waals surface area (Å²) in [6.07, 6.45) is -0.712. The van der Waals surface area contributed by atoms with Gasteiger partial charge in [0.15, 0.2) is 17.0 Å². The Kier molecular flexibility index (Phi) is 4.66. The average molecular weight is 393 g/mol. The van der Waals surface area contributed by atoms with Crippen molar-refractivity contribution in [2.24, 2.45) is 0 Å². The number of hydrogen-bond acceptors (Lipinski definition) is 5. The van der Waals surface area contributed by atoms with E-state index >= 15 is 0 Å². The molecule has 3 rings (SSSR count). The summed E-state index contributed by atoms with van der Waals surface area (Å²) in [6, 6.07) is 11.6. The molecule has 1 aliphatic heterocycles. The second kappa shape index (κ2) is 6.88. The van der Waals surface area contributed by atoms with Crippen molar-refractivity contribution in [1.29, 1.82) is 0 Å². The van der Waals surface area contributed by atoms with Gasteiger partial charge in [0.1, 0.15) is 0 Å². The first kappa shape index (κ1) is 16.3. The van der Waals surface area contributed by atoms with Crippen LogP contribution in [0.5, 0.6) is 0 Å². The lowest BCUT2D eigenvalue weighted by Crippen LogP contribution is -2.40. The molecule has 0 spiro atoms. The molecule has 124 valence electrons. The van der Waals surface area contributed by atoms with Gasteiger partial charge in [0, 0.05) is 0 Å². The number of nitrogens with zero attached hydrogens (tertiary/aromatic N) is 1. The maximum atomic E-state index is 12.3. The molecule has 0 saturated carbocycles. The van der Waals surface area contributed by atoms with Crippen LogP contribution in [0.2, 0.25) is 0 Å². The van der Waals surface area contributed by atoms with Gasteiger partial charge < -0.3 is 14.5 Å². The number of hydrogen-bond donors (Lipinski definition) is 1. The van der Waals surface area contributed by atoms with E-state index in [4.69, 9.17) is 9.15 Å². The van der Waals surface area contributed by atoms with Crippen molar-refractivity contribution in [3.63, 3.8) is 0 Å². The summed E-state index contributed by atoms with van der Waals surface area (Å²) in [6.45, 7) is -0.297. The van der Waals surface area contributed by atoms with Crippen LogP contribution in [0.25, 0.3) is 0 Å². The molecule has 1 N–H and O–H groups in total. The molecule has 2 heterocycles. The number of ether oxygens (including phenoxy) is 1. The Labute approximate surface area is 145 Å². The fraction of sp³-hybridized carbons (Fsp3) is 0.188. The summed E-state index contributed by atoms with van der Waals surface area (Å²) >= 11 is 3.14. The second-order valence-corrected chi connectivity index (χ2v) is 5.88. The lowest BCUT2D eigenvalue weighted by molar-refractivity contribution is -0.126. The zero-order valence-electron chi connectivity index (χ0n) is 12.4. The number of halogens is 1. The van der Waals surface area contributed by atoms with E-state index in [0.29, 0.717) is 4.67 Å². The normalized spacial score (nSPS) is 15.3. The molecule has 0 radical (unpaired) electrons. The summed E-state index contributed by atoms with van der Waals surface area (Å²) < 4.78 is 10.4. The Morgan fingerprint density at radius 3 is 2.54 bits per heavy atom. The molecule has 1 atom stereocenters. The zero-order valence-corrected chi connectivity index (χ0v) is 14.0. The van der Waals surface area contributed by atoms with E-state index in [1.165, 1.54) is 6.07 Å². The molecule has 3 amide bonds. The van der Waals surface area contributed by atoms with Crippen molar-refractivity contribution in [1.82, 2.24) is 10.2 Å². The summed E-state index contributed by atoms with van der Waals surface area (Å²) in [5, 5.41) is 2.78.